The number of amides is 1. The second-order valence-electron chi connectivity index (χ2n) is 8.06. The van der Waals surface area contributed by atoms with Gasteiger partial charge in [-0.05, 0) is 49.8 Å². The van der Waals surface area contributed by atoms with Crippen LogP contribution in [0.3, 0.4) is 0 Å². The summed E-state index contributed by atoms with van der Waals surface area (Å²) in [6, 6.07) is 8.10. The van der Waals surface area contributed by atoms with Gasteiger partial charge in [-0.2, -0.15) is 0 Å². The Labute approximate surface area is 167 Å². The molecule has 0 bridgehead atoms. The number of aromatic nitrogens is 2. The van der Waals surface area contributed by atoms with E-state index in [2.05, 4.69) is 20.2 Å². The molecule has 5 heteroatoms. The van der Waals surface area contributed by atoms with E-state index in [4.69, 9.17) is 0 Å². The number of rotatable bonds is 4. The molecule has 28 heavy (non-hydrogen) atoms. The highest BCUT2D eigenvalue weighted by atomic mass is 16.1. The Kier molecular flexibility index (Phi) is 6.20. The average Bonchev–Trinajstić information content (AvgIpc) is 3.03. The van der Waals surface area contributed by atoms with Crippen LogP contribution in [0.5, 0.6) is 0 Å². The molecule has 0 unspecified atom stereocenters. The summed E-state index contributed by atoms with van der Waals surface area (Å²) >= 11 is 0. The van der Waals surface area contributed by atoms with Crippen LogP contribution < -0.4 is 10.2 Å². The van der Waals surface area contributed by atoms with Crippen molar-refractivity contribution < 1.29 is 4.79 Å². The van der Waals surface area contributed by atoms with E-state index in [0.717, 1.165) is 43.0 Å². The SMILES string of the molecule is O=C(NC1CCCCCC1)c1cccc(-c2cnc(N3CCCCC3)nc2)c1. The molecule has 1 aliphatic carbocycles. The molecule has 0 atom stereocenters. The van der Waals surface area contributed by atoms with E-state index in [9.17, 15) is 4.79 Å². The van der Waals surface area contributed by atoms with Crippen LogP contribution in [0.25, 0.3) is 11.1 Å². The van der Waals surface area contributed by atoms with Crippen LogP contribution in [-0.2, 0) is 0 Å². The van der Waals surface area contributed by atoms with Gasteiger partial charge in [0.2, 0.25) is 5.95 Å². The molecule has 0 spiro atoms. The van der Waals surface area contributed by atoms with Crippen molar-refractivity contribution >= 4 is 11.9 Å². The van der Waals surface area contributed by atoms with Gasteiger partial charge in [0.1, 0.15) is 0 Å². The molecule has 1 saturated carbocycles. The van der Waals surface area contributed by atoms with Crippen LogP contribution in [-0.4, -0.2) is 35.0 Å². The molecule has 0 radical (unpaired) electrons. The van der Waals surface area contributed by atoms with E-state index in [-0.39, 0.29) is 5.91 Å². The number of hydrogen-bond acceptors (Lipinski definition) is 4. The summed E-state index contributed by atoms with van der Waals surface area (Å²) in [7, 11) is 0. The molecule has 2 aliphatic rings. The summed E-state index contributed by atoms with van der Waals surface area (Å²) in [5.41, 5.74) is 2.64. The van der Waals surface area contributed by atoms with Crippen molar-refractivity contribution in [1.29, 1.82) is 0 Å². The van der Waals surface area contributed by atoms with Crippen molar-refractivity contribution in [3.8, 4) is 11.1 Å². The minimum Gasteiger partial charge on any atom is -0.349 e. The molecule has 5 nitrogen and oxygen atoms in total. The molecule has 1 aliphatic heterocycles. The van der Waals surface area contributed by atoms with E-state index < -0.39 is 0 Å². The zero-order valence-corrected chi connectivity index (χ0v) is 16.6. The molecule has 1 saturated heterocycles. The maximum absolute atomic E-state index is 12.7. The first kappa shape index (κ1) is 18.9. The fourth-order valence-corrected chi connectivity index (χ4v) is 4.26. The highest BCUT2D eigenvalue weighted by Crippen LogP contribution is 2.22. The first-order chi connectivity index (χ1) is 13.8. The molecule has 148 valence electrons. The highest BCUT2D eigenvalue weighted by molar-refractivity contribution is 5.95. The van der Waals surface area contributed by atoms with Crippen molar-refractivity contribution in [2.75, 3.05) is 18.0 Å². The molecule has 1 aromatic heterocycles. The lowest BCUT2D eigenvalue weighted by molar-refractivity contribution is 0.0933. The monoisotopic (exact) mass is 378 g/mol. The van der Waals surface area contributed by atoms with Gasteiger partial charge in [0.25, 0.3) is 5.91 Å². The van der Waals surface area contributed by atoms with Gasteiger partial charge in [0, 0.05) is 42.7 Å². The van der Waals surface area contributed by atoms with E-state index in [1.807, 2.05) is 36.7 Å². The number of piperidine rings is 1. The van der Waals surface area contributed by atoms with Crippen LogP contribution in [0.15, 0.2) is 36.7 Å². The van der Waals surface area contributed by atoms with Crippen molar-refractivity contribution in [1.82, 2.24) is 15.3 Å². The number of hydrogen-bond donors (Lipinski definition) is 1. The van der Waals surface area contributed by atoms with Gasteiger partial charge in [-0.15, -0.1) is 0 Å². The van der Waals surface area contributed by atoms with Gasteiger partial charge in [0.05, 0.1) is 0 Å². The molecule has 2 heterocycles. The smallest absolute Gasteiger partial charge is 0.251 e. The minimum absolute atomic E-state index is 0.0274. The molecule has 1 amide bonds. The van der Waals surface area contributed by atoms with Crippen LogP contribution in [0.4, 0.5) is 5.95 Å². The third-order valence-corrected chi connectivity index (χ3v) is 5.93. The van der Waals surface area contributed by atoms with Crippen LogP contribution in [0, 0.1) is 0 Å². The summed E-state index contributed by atoms with van der Waals surface area (Å²) in [6.07, 6.45) is 14.7. The Morgan fingerprint density at radius 1 is 0.893 bits per heavy atom. The summed E-state index contributed by atoms with van der Waals surface area (Å²) in [4.78, 5) is 24.1. The predicted octanol–water partition coefficient (Wildman–Crippen LogP) is 4.59. The van der Waals surface area contributed by atoms with E-state index in [0.29, 0.717) is 11.6 Å². The fraction of sp³-hybridized carbons (Fsp3) is 0.522. The Bertz CT molecular complexity index is 775. The summed E-state index contributed by atoms with van der Waals surface area (Å²) in [5, 5.41) is 3.23. The maximum Gasteiger partial charge on any atom is 0.251 e. The normalized spacial score (nSPS) is 18.5. The topological polar surface area (TPSA) is 58.1 Å². The minimum atomic E-state index is 0.0274. The van der Waals surface area contributed by atoms with Crippen LogP contribution in [0.2, 0.25) is 0 Å². The Balaban J connectivity index is 1.44. The van der Waals surface area contributed by atoms with Crippen LogP contribution >= 0.6 is 0 Å². The van der Waals surface area contributed by atoms with Crippen molar-refractivity contribution in [3.63, 3.8) is 0 Å². The number of nitrogens with one attached hydrogen (secondary N) is 1. The molecule has 2 fully saturated rings. The van der Waals surface area contributed by atoms with E-state index in [1.54, 1.807) is 0 Å². The molecule has 2 aromatic rings. The van der Waals surface area contributed by atoms with E-state index >= 15 is 0 Å². The Morgan fingerprint density at radius 3 is 2.29 bits per heavy atom. The van der Waals surface area contributed by atoms with Gasteiger partial charge < -0.3 is 10.2 Å². The summed E-state index contributed by atoms with van der Waals surface area (Å²) in [6.45, 7) is 2.08. The first-order valence-electron chi connectivity index (χ1n) is 10.8. The highest BCUT2D eigenvalue weighted by Gasteiger charge is 2.17. The third kappa shape index (κ3) is 4.70. The lowest BCUT2D eigenvalue weighted by atomic mass is 10.0. The van der Waals surface area contributed by atoms with Gasteiger partial charge in [-0.25, -0.2) is 9.97 Å². The molecule has 1 aromatic carbocycles. The number of anilines is 1. The van der Waals surface area contributed by atoms with Crippen molar-refractivity contribution in [2.45, 2.75) is 63.8 Å². The number of nitrogens with zero attached hydrogens (tertiary/aromatic N) is 3. The van der Waals surface area contributed by atoms with Gasteiger partial charge >= 0.3 is 0 Å². The lowest BCUT2D eigenvalue weighted by Gasteiger charge is -2.26. The Hall–Kier alpha value is -2.43. The molecular weight excluding hydrogens is 348 g/mol. The zero-order chi connectivity index (χ0) is 19.2. The summed E-state index contributed by atoms with van der Waals surface area (Å²) < 4.78 is 0. The number of benzene rings is 1. The third-order valence-electron chi connectivity index (χ3n) is 5.93. The second-order valence-corrected chi connectivity index (χ2v) is 8.06. The quantitative estimate of drug-likeness (QED) is 0.791. The Morgan fingerprint density at radius 2 is 1.57 bits per heavy atom. The molecule has 4 rings (SSSR count). The maximum atomic E-state index is 12.7. The van der Waals surface area contributed by atoms with Gasteiger partial charge in [0.15, 0.2) is 0 Å². The first-order valence-corrected chi connectivity index (χ1v) is 10.8. The second kappa shape index (κ2) is 9.18. The number of carbonyl (C=O) groups excluding carboxylic acids is 1. The fourth-order valence-electron chi connectivity index (χ4n) is 4.26. The van der Waals surface area contributed by atoms with Crippen LogP contribution in [0.1, 0.15) is 68.1 Å². The largest absolute Gasteiger partial charge is 0.349 e. The number of carbonyl (C=O) groups is 1. The standard InChI is InChI=1S/C23H30N4O/c28-22(26-21-11-4-1-2-5-12-21)19-10-8-9-18(15-19)20-16-24-23(25-17-20)27-13-6-3-7-14-27/h8-10,15-17,21H,1-7,11-14H2,(H,26,28). The molecular formula is C23H30N4O. The van der Waals surface area contributed by atoms with Gasteiger partial charge in [-0.3, -0.25) is 4.79 Å². The zero-order valence-electron chi connectivity index (χ0n) is 16.6. The van der Waals surface area contributed by atoms with Crippen molar-refractivity contribution in [3.05, 3.63) is 42.2 Å². The van der Waals surface area contributed by atoms with Gasteiger partial charge in [-0.1, -0.05) is 37.8 Å². The average molecular weight is 379 g/mol. The molecule has 1 N–H and O–H groups in total. The lowest BCUT2D eigenvalue weighted by Crippen LogP contribution is -2.34. The predicted molar refractivity (Wildman–Crippen MR) is 112 cm³/mol. The van der Waals surface area contributed by atoms with E-state index in [1.165, 1.54) is 44.9 Å². The van der Waals surface area contributed by atoms with Crippen molar-refractivity contribution in [2.24, 2.45) is 0 Å². The summed E-state index contributed by atoms with van der Waals surface area (Å²) in [5.74, 6) is 0.838.